The quantitative estimate of drug-likeness (QED) is 0.615. The van der Waals surface area contributed by atoms with Crippen LogP contribution in [0.3, 0.4) is 0 Å². The summed E-state index contributed by atoms with van der Waals surface area (Å²) in [5, 5.41) is 19.7. The van der Waals surface area contributed by atoms with Gasteiger partial charge in [-0.1, -0.05) is 11.6 Å². The SMILES string of the molecule is OB(O)c1cc2c(I)c(Cl)ccc2s1. The third kappa shape index (κ3) is 1.79. The van der Waals surface area contributed by atoms with E-state index < -0.39 is 7.12 Å². The zero-order valence-electron chi connectivity index (χ0n) is 6.87. The third-order valence-electron chi connectivity index (χ3n) is 1.86. The van der Waals surface area contributed by atoms with Gasteiger partial charge in [0.25, 0.3) is 0 Å². The van der Waals surface area contributed by atoms with Crippen LogP contribution in [0.1, 0.15) is 0 Å². The Kier molecular flexibility index (Phi) is 3.04. The van der Waals surface area contributed by atoms with Crippen LogP contribution in [0, 0.1) is 3.57 Å². The summed E-state index contributed by atoms with van der Waals surface area (Å²) in [4.78, 5) is 0. The molecule has 0 spiro atoms. The second-order valence-electron chi connectivity index (χ2n) is 2.80. The molecule has 0 aliphatic carbocycles. The summed E-state index contributed by atoms with van der Waals surface area (Å²) >= 11 is 9.46. The highest BCUT2D eigenvalue weighted by atomic mass is 127. The Labute approximate surface area is 104 Å². The highest BCUT2D eigenvalue weighted by Gasteiger charge is 2.16. The Morgan fingerprint density at radius 1 is 1.36 bits per heavy atom. The Bertz CT molecular complexity index is 485. The first-order valence-corrected chi connectivity index (χ1v) is 6.10. The number of rotatable bonds is 1. The molecule has 0 amide bonds. The Balaban J connectivity index is 2.71. The van der Waals surface area contributed by atoms with Crippen molar-refractivity contribution in [3.63, 3.8) is 0 Å². The van der Waals surface area contributed by atoms with Crippen molar-refractivity contribution in [2.24, 2.45) is 0 Å². The molecule has 1 aromatic carbocycles. The summed E-state index contributed by atoms with van der Waals surface area (Å²) in [5.41, 5.74) is 0. The van der Waals surface area contributed by atoms with Crippen LogP contribution < -0.4 is 4.78 Å². The molecule has 0 saturated heterocycles. The Morgan fingerprint density at radius 3 is 2.71 bits per heavy atom. The lowest BCUT2D eigenvalue weighted by Gasteiger charge is -1.95. The molecule has 2 aromatic rings. The standard InChI is InChI=1S/C8H5BClIO2S/c10-5-1-2-6-4(8(5)11)3-7(14-6)9(12)13/h1-3,12-13H. The molecule has 0 aliphatic heterocycles. The fourth-order valence-corrected chi connectivity index (χ4v) is 3.12. The number of hydrogen-bond donors (Lipinski definition) is 2. The molecular formula is C8H5BClIO2S. The van der Waals surface area contributed by atoms with E-state index in [2.05, 4.69) is 22.6 Å². The van der Waals surface area contributed by atoms with Gasteiger partial charge < -0.3 is 10.0 Å². The molecule has 0 radical (unpaired) electrons. The Morgan fingerprint density at radius 2 is 2.07 bits per heavy atom. The summed E-state index contributed by atoms with van der Waals surface area (Å²) < 4.78 is 2.51. The van der Waals surface area contributed by atoms with Gasteiger partial charge >= 0.3 is 7.12 Å². The second kappa shape index (κ2) is 3.98. The van der Waals surface area contributed by atoms with Crippen LogP contribution in [0.5, 0.6) is 0 Å². The first kappa shape index (κ1) is 10.7. The molecule has 14 heavy (non-hydrogen) atoms. The summed E-state index contributed by atoms with van der Waals surface area (Å²) in [6.07, 6.45) is 0. The molecule has 6 heteroatoms. The van der Waals surface area contributed by atoms with Gasteiger partial charge in [-0.25, -0.2) is 0 Å². The van der Waals surface area contributed by atoms with Crippen molar-refractivity contribution in [2.45, 2.75) is 0 Å². The molecule has 0 unspecified atom stereocenters. The predicted molar refractivity (Wildman–Crippen MR) is 69.4 cm³/mol. The van der Waals surface area contributed by atoms with Crippen molar-refractivity contribution in [1.29, 1.82) is 0 Å². The highest BCUT2D eigenvalue weighted by molar-refractivity contribution is 14.1. The van der Waals surface area contributed by atoms with Gasteiger partial charge in [-0.3, -0.25) is 0 Å². The first-order valence-electron chi connectivity index (χ1n) is 3.83. The van der Waals surface area contributed by atoms with Gasteiger partial charge in [-0.2, -0.15) is 0 Å². The fraction of sp³-hybridized carbons (Fsp3) is 0. The second-order valence-corrected chi connectivity index (χ2v) is 5.40. The topological polar surface area (TPSA) is 40.5 Å². The van der Waals surface area contributed by atoms with Crippen LogP contribution in [0.25, 0.3) is 10.1 Å². The predicted octanol–water partition coefficient (Wildman–Crippen LogP) is 1.84. The van der Waals surface area contributed by atoms with Crippen molar-refractivity contribution >= 4 is 67.5 Å². The average Bonchev–Trinajstić information content (AvgIpc) is 2.56. The van der Waals surface area contributed by atoms with Crippen molar-refractivity contribution in [1.82, 2.24) is 0 Å². The summed E-state index contributed by atoms with van der Waals surface area (Å²) in [6, 6.07) is 5.46. The van der Waals surface area contributed by atoms with Crippen molar-refractivity contribution in [2.75, 3.05) is 0 Å². The molecule has 1 aromatic heterocycles. The fourth-order valence-electron chi connectivity index (χ4n) is 1.20. The van der Waals surface area contributed by atoms with Crippen LogP contribution in [-0.2, 0) is 0 Å². The molecule has 2 N–H and O–H groups in total. The minimum absolute atomic E-state index is 0.542. The van der Waals surface area contributed by atoms with Crippen LogP contribution in [0.15, 0.2) is 18.2 Å². The molecule has 0 saturated carbocycles. The summed E-state index contributed by atoms with van der Waals surface area (Å²) in [6.45, 7) is 0. The normalized spacial score (nSPS) is 10.9. The first-order chi connectivity index (χ1) is 6.59. The van der Waals surface area contributed by atoms with E-state index in [-0.39, 0.29) is 0 Å². The lowest BCUT2D eigenvalue weighted by molar-refractivity contribution is 0.427. The van der Waals surface area contributed by atoms with Gasteiger partial charge in [0.1, 0.15) is 0 Å². The van der Waals surface area contributed by atoms with Gasteiger partial charge in [0.2, 0.25) is 0 Å². The van der Waals surface area contributed by atoms with E-state index >= 15 is 0 Å². The van der Waals surface area contributed by atoms with E-state index in [4.69, 9.17) is 21.6 Å². The smallest absolute Gasteiger partial charge is 0.423 e. The van der Waals surface area contributed by atoms with E-state index in [1.807, 2.05) is 12.1 Å². The van der Waals surface area contributed by atoms with Gasteiger partial charge in [-0.15, -0.1) is 11.3 Å². The zero-order valence-corrected chi connectivity index (χ0v) is 10.6. The average molecular weight is 338 g/mol. The van der Waals surface area contributed by atoms with Gasteiger partial charge in [0.15, 0.2) is 0 Å². The molecule has 2 nitrogen and oxygen atoms in total. The minimum atomic E-state index is -1.40. The van der Waals surface area contributed by atoms with E-state index in [0.717, 1.165) is 13.7 Å². The van der Waals surface area contributed by atoms with Gasteiger partial charge in [0, 0.05) is 18.4 Å². The molecule has 72 valence electrons. The number of benzene rings is 1. The third-order valence-corrected chi connectivity index (χ3v) is 4.80. The van der Waals surface area contributed by atoms with Crippen LogP contribution >= 0.6 is 45.5 Å². The zero-order chi connectivity index (χ0) is 10.3. The van der Waals surface area contributed by atoms with E-state index in [9.17, 15) is 0 Å². The maximum absolute atomic E-state index is 9.02. The number of halogens is 2. The van der Waals surface area contributed by atoms with E-state index in [0.29, 0.717) is 9.80 Å². The molecule has 0 fully saturated rings. The highest BCUT2D eigenvalue weighted by Crippen LogP contribution is 2.29. The van der Waals surface area contributed by atoms with Crippen molar-refractivity contribution < 1.29 is 10.0 Å². The molecule has 1 heterocycles. The van der Waals surface area contributed by atoms with Crippen LogP contribution in [0.4, 0.5) is 0 Å². The number of fused-ring (bicyclic) bond motifs is 1. The maximum Gasteiger partial charge on any atom is 0.499 e. The summed E-state index contributed by atoms with van der Waals surface area (Å²) in [5.74, 6) is 0. The van der Waals surface area contributed by atoms with E-state index in [1.165, 1.54) is 11.3 Å². The minimum Gasteiger partial charge on any atom is -0.423 e. The molecule has 2 rings (SSSR count). The van der Waals surface area contributed by atoms with Crippen molar-refractivity contribution in [3.05, 3.63) is 26.8 Å². The maximum atomic E-state index is 9.02. The number of hydrogen-bond acceptors (Lipinski definition) is 3. The number of thiophene rings is 1. The molecule has 0 aliphatic rings. The Hall–Kier alpha value is 0.185. The van der Waals surface area contributed by atoms with Gasteiger partial charge in [-0.05, 0) is 40.8 Å². The molecule has 0 bridgehead atoms. The monoisotopic (exact) mass is 338 g/mol. The lowest BCUT2D eigenvalue weighted by Crippen LogP contribution is -2.26. The van der Waals surface area contributed by atoms with Crippen LogP contribution in [-0.4, -0.2) is 17.2 Å². The molecule has 0 atom stereocenters. The van der Waals surface area contributed by atoms with E-state index in [1.54, 1.807) is 6.07 Å². The lowest BCUT2D eigenvalue weighted by atomic mass is 9.89. The molecular weight excluding hydrogens is 333 g/mol. The van der Waals surface area contributed by atoms with Gasteiger partial charge in [0.05, 0.1) is 5.02 Å². The van der Waals surface area contributed by atoms with Crippen molar-refractivity contribution in [3.8, 4) is 0 Å². The largest absolute Gasteiger partial charge is 0.499 e. The summed E-state index contributed by atoms with van der Waals surface area (Å²) in [7, 11) is -1.40. The van der Waals surface area contributed by atoms with Crippen LogP contribution in [0.2, 0.25) is 5.02 Å².